The highest BCUT2D eigenvalue weighted by atomic mass is 35.5. The molecule has 0 N–H and O–H groups in total. The summed E-state index contributed by atoms with van der Waals surface area (Å²) in [6.07, 6.45) is 2.27. The number of amides is 1. The highest BCUT2D eigenvalue weighted by Gasteiger charge is 2.34. The molecule has 1 saturated heterocycles. The molecule has 1 heterocycles. The zero-order valence-electron chi connectivity index (χ0n) is 12.4. The molecule has 4 nitrogen and oxygen atoms in total. The van der Waals surface area contributed by atoms with Crippen LogP contribution in [0.15, 0.2) is 18.2 Å². The molecule has 22 heavy (non-hydrogen) atoms. The molecule has 1 aromatic carbocycles. The van der Waals surface area contributed by atoms with Gasteiger partial charge in [-0.25, -0.2) is 8.42 Å². The van der Waals surface area contributed by atoms with E-state index < -0.39 is 9.84 Å². The lowest BCUT2D eigenvalue weighted by atomic mass is 10.1. The molecular formula is C15H19Cl2NO3S. The van der Waals surface area contributed by atoms with Gasteiger partial charge in [-0.15, -0.1) is 0 Å². The molecule has 7 heteroatoms. The molecule has 0 aromatic heterocycles. The molecular weight excluding hydrogens is 345 g/mol. The number of nitrogens with zero attached hydrogens (tertiary/aromatic N) is 1. The Labute approximate surface area is 141 Å². The molecule has 1 amide bonds. The Morgan fingerprint density at radius 1 is 1.32 bits per heavy atom. The fraction of sp³-hybridized carbons (Fsp3) is 0.533. The molecule has 0 radical (unpaired) electrons. The van der Waals surface area contributed by atoms with Gasteiger partial charge in [0.15, 0.2) is 9.84 Å². The number of rotatable bonds is 5. The molecule has 0 aliphatic carbocycles. The van der Waals surface area contributed by atoms with Crippen LogP contribution in [0.3, 0.4) is 0 Å². The lowest BCUT2D eigenvalue weighted by Crippen LogP contribution is -2.41. The number of benzene rings is 1. The Morgan fingerprint density at radius 2 is 2.05 bits per heavy atom. The van der Waals surface area contributed by atoms with Gasteiger partial charge < -0.3 is 4.90 Å². The van der Waals surface area contributed by atoms with Crippen molar-refractivity contribution in [2.45, 2.75) is 32.2 Å². The summed E-state index contributed by atoms with van der Waals surface area (Å²) >= 11 is 11.9. The van der Waals surface area contributed by atoms with Gasteiger partial charge in [0, 0.05) is 18.2 Å². The summed E-state index contributed by atoms with van der Waals surface area (Å²) in [4.78, 5) is 14.4. The van der Waals surface area contributed by atoms with Crippen molar-refractivity contribution in [2.75, 3.05) is 18.1 Å². The molecule has 1 aliphatic rings. The van der Waals surface area contributed by atoms with Gasteiger partial charge in [0.2, 0.25) is 0 Å². The third kappa shape index (κ3) is 4.15. The maximum Gasteiger partial charge on any atom is 0.254 e. The van der Waals surface area contributed by atoms with Crippen molar-refractivity contribution in [3.63, 3.8) is 0 Å². The van der Waals surface area contributed by atoms with E-state index in [2.05, 4.69) is 0 Å². The van der Waals surface area contributed by atoms with E-state index in [-0.39, 0.29) is 23.5 Å². The first-order valence-corrected chi connectivity index (χ1v) is 9.88. The van der Waals surface area contributed by atoms with E-state index >= 15 is 0 Å². The summed E-state index contributed by atoms with van der Waals surface area (Å²) in [7, 11) is -3.04. The SMILES string of the molecule is CCCCN(C(=O)c1ccc(Cl)c(Cl)c1)C1CCS(=O)(=O)C1. The van der Waals surface area contributed by atoms with E-state index in [1.807, 2.05) is 6.92 Å². The highest BCUT2D eigenvalue weighted by molar-refractivity contribution is 7.91. The van der Waals surface area contributed by atoms with Crippen molar-refractivity contribution in [1.29, 1.82) is 0 Å². The number of hydrogen-bond acceptors (Lipinski definition) is 3. The molecule has 122 valence electrons. The van der Waals surface area contributed by atoms with Crippen LogP contribution in [0.1, 0.15) is 36.5 Å². The average molecular weight is 364 g/mol. The molecule has 1 unspecified atom stereocenters. The lowest BCUT2D eigenvalue weighted by Gasteiger charge is -2.28. The minimum atomic E-state index is -3.04. The van der Waals surface area contributed by atoms with Crippen LogP contribution in [0.25, 0.3) is 0 Å². The first-order valence-electron chi connectivity index (χ1n) is 7.30. The van der Waals surface area contributed by atoms with Crippen LogP contribution >= 0.6 is 23.2 Å². The van der Waals surface area contributed by atoms with Gasteiger partial charge in [0.1, 0.15) is 0 Å². The van der Waals surface area contributed by atoms with E-state index in [1.165, 1.54) is 6.07 Å². The number of halogens is 2. The van der Waals surface area contributed by atoms with Crippen LogP contribution in [0.5, 0.6) is 0 Å². The third-order valence-corrected chi connectivity index (χ3v) is 6.32. The molecule has 1 aliphatic heterocycles. The molecule has 1 fully saturated rings. The summed E-state index contributed by atoms with van der Waals surface area (Å²) in [5.74, 6) is 0.00717. The molecule has 0 saturated carbocycles. The van der Waals surface area contributed by atoms with Gasteiger partial charge in [-0.05, 0) is 31.0 Å². The Balaban J connectivity index is 2.24. The van der Waals surface area contributed by atoms with E-state index in [0.717, 1.165) is 12.8 Å². The fourth-order valence-electron chi connectivity index (χ4n) is 2.59. The minimum Gasteiger partial charge on any atom is -0.335 e. The van der Waals surface area contributed by atoms with Gasteiger partial charge in [-0.2, -0.15) is 0 Å². The number of hydrogen-bond donors (Lipinski definition) is 0. The molecule has 0 bridgehead atoms. The van der Waals surface area contributed by atoms with Gasteiger partial charge in [0.25, 0.3) is 5.91 Å². The van der Waals surface area contributed by atoms with Crippen LogP contribution in [0.4, 0.5) is 0 Å². The molecule has 1 atom stereocenters. The number of sulfone groups is 1. The zero-order valence-corrected chi connectivity index (χ0v) is 14.7. The van der Waals surface area contributed by atoms with Crippen molar-refractivity contribution in [1.82, 2.24) is 4.90 Å². The van der Waals surface area contributed by atoms with Crippen LogP contribution in [0.2, 0.25) is 10.0 Å². The summed E-state index contributed by atoms with van der Waals surface area (Å²) in [5, 5.41) is 0.712. The molecule has 0 spiro atoms. The van der Waals surface area contributed by atoms with Gasteiger partial charge in [-0.1, -0.05) is 36.5 Å². The Bertz CT molecular complexity index is 661. The Morgan fingerprint density at radius 3 is 2.59 bits per heavy atom. The first kappa shape index (κ1) is 17.6. The summed E-state index contributed by atoms with van der Waals surface area (Å²) in [5.41, 5.74) is 0.440. The topological polar surface area (TPSA) is 54.5 Å². The van der Waals surface area contributed by atoms with Crippen molar-refractivity contribution in [3.8, 4) is 0 Å². The van der Waals surface area contributed by atoms with Crippen molar-refractivity contribution in [2.24, 2.45) is 0 Å². The summed E-state index contributed by atoms with van der Waals surface area (Å²) in [6.45, 7) is 2.59. The van der Waals surface area contributed by atoms with Crippen LogP contribution in [-0.4, -0.2) is 43.3 Å². The van der Waals surface area contributed by atoms with E-state index in [4.69, 9.17) is 23.2 Å². The van der Waals surface area contributed by atoms with Crippen LogP contribution in [0, 0.1) is 0 Å². The summed E-state index contributed by atoms with van der Waals surface area (Å²) in [6, 6.07) is 4.49. The second-order valence-corrected chi connectivity index (χ2v) is 8.58. The zero-order chi connectivity index (χ0) is 16.3. The predicted molar refractivity (Wildman–Crippen MR) is 89.5 cm³/mol. The quantitative estimate of drug-likeness (QED) is 0.805. The van der Waals surface area contributed by atoms with Crippen LogP contribution in [-0.2, 0) is 9.84 Å². The number of unbranched alkanes of at least 4 members (excludes halogenated alkanes) is 1. The fourth-order valence-corrected chi connectivity index (χ4v) is 4.62. The van der Waals surface area contributed by atoms with Crippen LogP contribution < -0.4 is 0 Å². The maximum atomic E-state index is 12.7. The largest absolute Gasteiger partial charge is 0.335 e. The summed E-state index contributed by atoms with van der Waals surface area (Å²) < 4.78 is 23.4. The smallest absolute Gasteiger partial charge is 0.254 e. The average Bonchev–Trinajstić information content (AvgIpc) is 2.82. The number of carbonyl (C=O) groups is 1. The van der Waals surface area contributed by atoms with Crippen molar-refractivity contribution in [3.05, 3.63) is 33.8 Å². The third-order valence-electron chi connectivity index (χ3n) is 3.83. The normalized spacial score (nSPS) is 20.0. The van der Waals surface area contributed by atoms with Gasteiger partial charge in [0.05, 0.1) is 21.6 Å². The first-order chi connectivity index (χ1) is 10.3. The second-order valence-electron chi connectivity index (χ2n) is 5.54. The Kier molecular flexibility index (Phi) is 5.75. The van der Waals surface area contributed by atoms with Gasteiger partial charge >= 0.3 is 0 Å². The maximum absolute atomic E-state index is 12.7. The predicted octanol–water partition coefficient (Wildman–Crippen LogP) is 3.42. The number of carbonyl (C=O) groups excluding carboxylic acids is 1. The second kappa shape index (κ2) is 7.20. The Hall–Kier alpha value is -0.780. The minimum absolute atomic E-state index is 0.0454. The van der Waals surface area contributed by atoms with Crippen molar-refractivity contribution >= 4 is 38.9 Å². The monoisotopic (exact) mass is 363 g/mol. The highest BCUT2D eigenvalue weighted by Crippen LogP contribution is 2.25. The van der Waals surface area contributed by atoms with E-state index in [0.29, 0.717) is 28.6 Å². The standard InChI is InChI=1S/C15H19Cl2NO3S/c1-2-3-7-18(12-6-8-22(20,21)10-12)15(19)11-4-5-13(16)14(17)9-11/h4-5,9,12H,2-3,6-8,10H2,1H3. The van der Waals surface area contributed by atoms with Crippen molar-refractivity contribution < 1.29 is 13.2 Å². The lowest BCUT2D eigenvalue weighted by molar-refractivity contribution is 0.0694. The molecule has 2 rings (SSSR count). The molecule has 1 aromatic rings. The van der Waals surface area contributed by atoms with E-state index in [9.17, 15) is 13.2 Å². The van der Waals surface area contributed by atoms with Gasteiger partial charge in [-0.3, -0.25) is 4.79 Å². The van der Waals surface area contributed by atoms with E-state index in [1.54, 1.807) is 17.0 Å².